The number of carboxylic acid groups (broad SMARTS) is 1. The zero-order valence-electron chi connectivity index (χ0n) is 10.0. The Bertz CT molecular complexity index is 165. The quantitative estimate of drug-likeness (QED) is 0.669. The Balaban J connectivity index is 0.000000921. The van der Waals surface area contributed by atoms with Gasteiger partial charge in [0.05, 0.1) is 0 Å². The van der Waals surface area contributed by atoms with Crippen LogP contribution in [0.3, 0.4) is 0 Å². The van der Waals surface area contributed by atoms with Crippen molar-refractivity contribution in [2.45, 2.75) is 51.9 Å². The van der Waals surface area contributed by atoms with Gasteiger partial charge in [-0.3, -0.25) is 4.79 Å². The number of rotatable bonds is 6. The van der Waals surface area contributed by atoms with E-state index in [9.17, 15) is 4.79 Å². The van der Waals surface area contributed by atoms with Crippen LogP contribution in [0.5, 0.6) is 0 Å². The molecule has 0 aromatic rings. The Labute approximate surface area is 93.0 Å². The Morgan fingerprint density at radius 1 is 1.27 bits per heavy atom. The van der Waals surface area contributed by atoms with Crippen molar-refractivity contribution in [2.75, 3.05) is 7.05 Å². The summed E-state index contributed by atoms with van der Waals surface area (Å²) >= 11 is 0. The molecule has 1 aliphatic carbocycles. The molecule has 0 bridgehead atoms. The first kappa shape index (κ1) is 14.4. The van der Waals surface area contributed by atoms with Crippen molar-refractivity contribution < 1.29 is 9.90 Å². The van der Waals surface area contributed by atoms with Crippen LogP contribution in [0.1, 0.15) is 51.9 Å². The van der Waals surface area contributed by atoms with Crippen LogP contribution in [0.15, 0.2) is 0 Å². The van der Waals surface area contributed by atoms with Crippen LogP contribution in [0.4, 0.5) is 0 Å². The molecule has 3 heteroatoms. The highest BCUT2D eigenvalue weighted by molar-refractivity contribution is 5.67. The van der Waals surface area contributed by atoms with Gasteiger partial charge in [0.2, 0.25) is 0 Å². The second-order valence-corrected chi connectivity index (χ2v) is 4.30. The van der Waals surface area contributed by atoms with Crippen LogP contribution < -0.4 is 5.73 Å². The van der Waals surface area contributed by atoms with Gasteiger partial charge in [-0.2, -0.15) is 0 Å². The number of carbonyl (C=O) groups is 1. The molecule has 1 saturated carbocycles. The molecule has 0 saturated heterocycles. The molecule has 1 aliphatic rings. The molecular weight excluding hydrogens is 190 g/mol. The summed E-state index contributed by atoms with van der Waals surface area (Å²) in [7, 11) is 1.50. The minimum Gasteiger partial charge on any atom is -0.481 e. The van der Waals surface area contributed by atoms with Crippen LogP contribution in [0, 0.1) is 11.8 Å². The predicted octanol–water partition coefficient (Wildman–Crippen LogP) is 2.64. The molecule has 3 N–H and O–H groups in total. The topological polar surface area (TPSA) is 63.3 Å². The molecule has 0 aliphatic heterocycles. The molecule has 0 unspecified atom stereocenters. The molecule has 90 valence electrons. The summed E-state index contributed by atoms with van der Waals surface area (Å²) in [6, 6.07) is 0. The standard InChI is InChI=1S/C11H20O2.CH5N/c1-2-3-4-5-9-6-10(7-9)8-11(12)13;1-2/h9-10H,2-8H2,1H3,(H,12,13);2H2,1H3. The van der Waals surface area contributed by atoms with E-state index in [1.54, 1.807) is 0 Å². The monoisotopic (exact) mass is 215 g/mol. The van der Waals surface area contributed by atoms with Crippen molar-refractivity contribution in [3.05, 3.63) is 0 Å². The van der Waals surface area contributed by atoms with Gasteiger partial charge < -0.3 is 10.8 Å². The van der Waals surface area contributed by atoms with Gasteiger partial charge in [-0.05, 0) is 31.7 Å². The molecule has 1 rings (SSSR count). The van der Waals surface area contributed by atoms with Crippen LogP contribution in [0.2, 0.25) is 0 Å². The smallest absolute Gasteiger partial charge is 0.303 e. The molecule has 0 atom stereocenters. The van der Waals surface area contributed by atoms with Crippen molar-refractivity contribution in [3.8, 4) is 0 Å². The first-order valence-electron chi connectivity index (χ1n) is 6.02. The molecule has 1 fully saturated rings. The predicted molar refractivity (Wildman–Crippen MR) is 62.7 cm³/mol. The minimum absolute atomic E-state index is 0.393. The van der Waals surface area contributed by atoms with Crippen LogP contribution in [0.25, 0.3) is 0 Å². The van der Waals surface area contributed by atoms with E-state index in [1.807, 2.05) is 0 Å². The summed E-state index contributed by atoms with van der Waals surface area (Å²) in [5.41, 5.74) is 4.50. The lowest BCUT2D eigenvalue weighted by Crippen LogP contribution is -2.25. The molecule has 15 heavy (non-hydrogen) atoms. The second-order valence-electron chi connectivity index (χ2n) is 4.30. The number of aliphatic carboxylic acids is 1. The first-order chi connectivity index (χ1) is 7.22. The SMILES string of the molecule is CCCCCC1CC(CC(=O)O)C1.CN. The molecule has 0 aromatic carbocycles. The Kier molecular flexibility index (Phi) is 8.38. The number of hydrogen-bond donors (Lipinski definition) is 2. The van der Waals surface area contributed by atoms with E-state index in [0.717, 1.165) is 18.8 Å². The Hall–Kier alpha value is -0.570. The van der Waals surface area contributed by atoms with Crippen molar-refractivity contribution in [1.82, 2.24) is 0 Å². The summed E-state index contributed by atoms with van der Waals surface area (Å²) < 4.78 is 0. The van der Waals surface area contributed by atoms with Crippen molar-refractivity contribution >= 4 is 5.97 Å². The van der Waals surface area contributed by atoms with Gasteiger partial charge in [0.25, 0.3) is 0 Å². The molecule has 0 aromatic heterocycles. The van der Waals surface area contributed by atoms with Gasteiger partial charge in [-0.25, -0.2) is 0 Å². The van der Waals surface area contributed by atoms with E-state index in [4.69, 9.17) is 5.11 Å². The highest BCUT2D eigenvalue weighted by Crippen LogP contribution is 2.39. The average Bonchev–Trinajstić information content (AvgIpc) is 2.16. The highest BCUT2D eigenvalue weighted by atomic mass is 16.4. The molecule has 3 nitrogen and oxygen atoms in total. The zero-order valence-corrected chi connectivity index (χ0v) is 10.0. The number of carboxylic acids is 1. The lowest BCUT2D eigenvalue weighted by molar-refractivity contribution is -0.139. The maximum absolute atomic E-state index is 10.4. The van der Waals surface area contributed by atoms with E-state index in [2.05, 4.69) is 12.7 Å². The molecule has 0 spiro atoms. The molecule has 0 heterocycles. The molecular formula is C12H25NO2. The fourth-order valence-electron chi connectivity index (χ4n) is 2.21. The number of nitrogens with two attached hydrogens (primary N) is 1. The van der Waals surface area contributed by atoms with Crippen LogP contribution in [-0.4, -0.2) is 18.1 Å². The highest BCUT2D eigenvalue weighted by Gasteiger charge is 2.29. The molecule has 0 radical (unpaired) electrons. The van der Waals surface area contributed by atoms with Crippen molar-refractivity contribution in [3.63, 3.8) is 0 Å². The van der Waals surface area contributed by atoms with E-state index < -0.39 is 5.97 Å². The van der Waals surface area contributed by atoms with Gasteiger partial charge in [-0.15, -0.1) is 0 Å². The van der Waals surface area contributed by atoms with E-state index in [1.165, 1.54) is 32.7 Å². The summed E-state index contributed by atoms with van der Waals surface area (Å²) in [6.07, 6.45) is 7.99. The van der Waals surface area contributed by atoms with Gasteiger partial charge in [0.15, 0.2) is 0 Å². The van der Waals surface area contributed by atoms with E-state index in [0.29, 0.717) is 12.3 Å². The van der Waals surface area contributed by atoms with Crippen LogP contribution >= 0.6 is 0 Å². The van der Waals surface area contributed by atoms with E-state index in [-0.39, 0.29) is 0 Å². The first-order valence-corrected chi connectivity index (χ1v) is 6.02. The number of unbranched alkanes of at least 4 members (excludes halogenated alkanes) is 2. The summed E-state index contributed by atoms with van der Waals surface area (Å²) in [4.78, 5) is 10.4. The summed E-state index contributed by atoms with van der Waals surface area (Å²) in [5, 5.41) is 8.55. The second kappa shape index (κ2) is 8.72. The number of hydrogen-bond acceptors (Lipinski definition) is 2. The lowest BCUT2D eigenvalue weighted by atomic mass is 9.71. The lowest BCUT2D eigenvalue weighted by Gasteiger charge is -2.34. The van der Waals surface area contributed by atoms with Crippen LogP contribution in [-0.2, 0) is 4.79 Å². The normalized spacial score (nSPS) is 23.7. The third kappa shape index (κ3) is 6.50. The van der Waals surface area contributed by atoms with Gasteiger partial charge in [0, 0.05) is 6.42 Å². The van der Waals surface area contributed by atoms with Crippen molar-refractivity contribution in [2.24, 2.45) is 17.6 Å². The Morgan fingerprint density at radius 3 is 2.33 bits per heavy atom. The summed E-state index contributed by atoms with van der Waals surface area (Å²) in [5.74, 6) is 0.706. The van der Waals surface area contributed by atoms with Crippen molar-refractivity contribution in [1.29, 1.82) is 0 Å². The van der Waals surface area contributed by atoms with Gasteiger partial charge in [-0.1, -0.05) is 32.6 Å². The average molecular weight is 215 g/mol. The Morgan fingerprint density at radius 2 is 1.87 bits per heavy atom. The fraction of sp³-hybridized carbons (Fsp3) is 0.917. The fourth-order valence-corrected chi connectivity index (χ4v) is 2.21. The largest absolute Gasteiger partial charge is 0.481 e. The zero-order chi connectivity index (χ0) is 11.7. The van der Waals surface area contributed by atoms with E-state index >= 15 is 0 Å². The molecule has 0 amide bonds. The summed E-state index contributed by atoms with van der Waals surface area (Å²) in [6.45, 7) is 2.22. The third-order valence-corrected chi connectivity index (χ3v) is 3.01. The maximum Gasteiger partial charge on any atom is 0.303 e. The van der Waals surface area contributed by atoms with Gasteiger partial charge in [0.1, 0.15) is 0 Å². The van der Waals surface area contributed by atoms with Gasteiger partial charge >= 0.3 is 5.97 Å². The minimum atomic E-state index is -0.628. The maximum atomic E-state index is 10.4. The third-order valence-electron chi connectivity index (χ3n) is 3.01.